The number of carbonyl (C=O) groups excluding carboxylic acids is 1. The number of rotatable bonds is 8. The van der Waals surface area contributed by atoms with Crippen molar-refractivity contribution in [2.75, 3.05) is 18.8 Å². The van der Waals surface area contributed by atoms with Gasteiger partial charge in [-0.1, -0.05) is 72.4 Å². The second-order valence-corrected chi connectivity index (χ2v) is 9.86. The first-order chi connectivity index (χ1) is 17.3. The van der Waals surface area contributed by atoms with Crippen molar-refractivity contribution in [1.82, 2.24) is 24.6 Å². The molecule has 0 saturated carbocycles. The average molecular weight is 484 g/mol. The van der Waals surface area contributed by atoms with Crippen molar-refractivity contribution < 1.29 is 4.79 Å². The quantitative estimate of drug-likeness (QED) is 0.332. The summed E-state index contributed by atoms with van der Waals surface area (Å²) in [6.45, 7) is 2.30. The molecule has 0 bridgehead atoms. The van der Waals surface area contributed by atoms with E-state index >= 15 is 0 Å². The van der Waals surface area contributed by atoms with E-state index in [1.54, 1.807) is 12.4 Å². The molecule has 0 atom stereocenters. The van der Waals surface area contributed by atoms with Gasteiger partial charge in [0.1, 0.15) is 0 Å². The number of thioether (sulfide) groups is 1. The third-order valence-corrected chi connectivity index (χ3v) is 7.45. The lowest BCUT2D eigenvalue weighted by molar-refractivity contribution is -0.129. The Morgan fingerprint density at radius 1 is 0.857 bits per heavy atom. The number of nitrogens with zero attached hydrogens (tertiary/aromatic N) is 5. The summed E-state index contributed by atoms with van der Waals surface area (Å²) in [4.78, 5) is 19.2. The molecule has 4 aromatic rings. The summed E-state index contributed by atoms with van der Waals surface area (Å²) < 4.78 is 2.09. The maximum atomic E-state index is 13.0. The normalized spacial score (nSPS) is 14.2. The van der Waals surface area contributed by atoms with E-state index < -0.39 is 0 Å². The van der Waals surface area contributed by atoms with Gasteiger partial charge >= 0.3 is 0 Å². The monoisotopic (exact) mass is 483 g/mol. The molecule has 6 nitrogen and oxygen atoms in total. The van der Waals surface area contributed by atoms with Gasteiger partial charge in [-0.3, -0.25) is 14.3 Å². The van der Waals surface area contributed by atoms with Crippen LogP contribution in [0.25, 0.3) is 11.4 Å². The molecule has 5 rings (SSSR count). The second kappa shape index (κ2) is 11.3. The molecule has 0 spiro atoms. The average Bonchev–Trinajstić information content (AvgIpc) is 3.31. The lowest BCUT2D eigenvalue weighted by Gasteiger charge is -2.32. The van der Waals surface area contributed by atoms with Gasteiger partial charge in [0.25, 0.3) is 0 Å². The minimum Gasteiger partial charge on any atom is -0.342 e. The Bertz CT molecular complexity index is 1220. The number of likely N-dealkylation sites (tertiary alicyclic amines) is 1. The predicted molar refractivity (Wildman–Crippen MR) is 139 cm³/mol. The number of hydrogen-bond acceptors (Lipinski definition) is 5. The molecule has 1 saturated heterocycles. The highest BCUT2D eigenvalue weighted by atomic mass is 32.2. The molecular weight excluding hydrogens is 454 g/mol. The summed E-state index contributed by atoms with van der Waals surface area (Å²) in [6, 6.07) is 24.8. The van der Waals surface area contributed by atoms with Gasteiger partial charge in [-0.15, -0.1) is 10.2 Å². The van der Waals surface area contributed by atoms with Gasteiger partial charge in [-0.05, 0) is 48.4 Å². The topological polar surface area (TPSA) is 63.9 Å². The molecule has 1 aliphatic heterocycles. The fourth-order valence-electron chi connectivity index (χ4n) is 4.57. The number of amides is 1. The van der Waals surface area contributed by atoms with Crippen molar-refractivity contribution in [3.8, 4) is 11.4 Å². The Kier molecular flexibility index (Phi) is 7.53. The lowest BCUT2D eigenvalue weighted by Crippen LogP contribution is -2.39. The standard InChI is InChI=1S/C28H29N5OS/c34-26(32-17-13-23(14-18-32)19-22-7-3-1-4-8-22)21-35-28-31-30-27(25-11-15-29-16-12-25)33(28)20-24-9-5-2-6-10-24/h1-12,15-16,23H,13-14,17-21H2. The van der Waals surface area contributed by atoms with Crippen LogP contribution in [0.5, 0.6) is 0 Å². The summed E-state index contributed by atoms with van der Waals surface area (Å²) in [7, 11) is 0. The van der Waals surface area contributed by atoms with E-state index in [-0.39, 0.29) is 5.91 Å². The van der Waals surface area contributed by atoms with Gasteiger partial charge in [0.2, 0.25) is 5.91 Å². The zero-order chi connectivity index (χ0) is 23.9. The lowest BCUT2D eigenvalue weighted by atomic mass is 9.90. The second-order valence-electron chi connectivity index (χ2n) is 8.92. The molecular formula is C28H29N5OS. The smallest absolute Gasteiger partial charge is 0.233 e. The molecule has 1 aliphatic rings. The molecule has 1 fully saturated rings. The van der Waals surface area contributed by atoms with Crippen molar-refractivity contribution in [3.63, 3.8) is 0 Å². The minimum atomic E-state index is 0.174. The Labute approximate surface area is 210 Å². The van der Waals surface area contributed by atoms with Gasteiger partial charge in [-0.2, -0.15) is 0 Å². The van der Waals surface area contributed by atoms with Crippen molar-refractivity contribution in [3.05, 3.63) is 96.3 Å². The summed E-state index contributed by atoms with van der Waals surface area (Å²) in [6.07, 6.45) is 6.73. The van der Waals surface area contributed by atoms with Gasteiger partial charge < -0.3 is 4.90 Å². The maximum absolute atomic E-state index is 13.0. The Morgan fingerprint density at radius 2 is 1.51 bits per heavy atom. The zero-order valence-electron chi connectivity index (χ0n) is 19.7. The Hall–Kier alpha value is -3.45. The number of hydrogen-bond donors (Lipinski definition) is 0. The number of benzene rings is 2. The summed E-state index contributed by atoms with van der Waals surface area (Å²) in [5, 5.41) is 9.67. The summed E-state index contributed by atoms with van der Waals surface area (Å²) in [5.74, 6) is 1.97. The molecule has 178 valence electrons. The van der Waals surface area contributed by atoms with E-state index in [9.17, 15) is 4.79 Å². The van der Waals surface area contributed by atoms with Gasteiger partial charge in [0.15, 0.2) is 11.0 Å². The maximum Gasteiger partial charge on any atom is 0.233 e. The Balaban J connectivity index is 1.22. The summed E-state index contributed by atoms with van der Waals surface area (Å²) >= 11 is 1.47. The molecule has 0 N–H and O–H groups in total. The van der Waals surface area contributed by atoms with E-state index in [2.05, 4.69) is 62.2 Å². The van der Waals surface area contributed by atoms with Crippen LogP contribution in [0.1, 0.15) is 24.0 Å². The van der Waals surface area contributed by atoms with Crippen molar-refractivity contribution >= 4 is 17.7 Å². The summed E-state index contributed by atoms with van der Waals surface area (Å²) in [5.41, 5.74) is 3.51. The van der Waals surface area contributed by atoms with Crippen LogP contribution in [-0.4, -0.2) is 49.4 Å². The van der Waals surface area contributed by atoms with Crippen molar-refractivity contribution in [2.24, 2.45) is 5.92 Å². The number of pyridine rings is 1. The molecule has 3 heterocycles. The first-order valence-electron chi connectivity index (χ1n) is 12.1. The SMILES string of the molecule is O=C(CSc1nnc(-c2ccncc2)n1Cc1ccccc1)N1CCC(Cc2ccccc2)CC1. The molecule has 0 aliphatic carbocycles. The third-order valence-electron chi connectivity index (χ3n) is 6.50. The zero-order valence-corrected chi connectivity index (χ0v) is 20.5. The van der Waals surface area contributed by atoms with Crippen molar-refractivity contribution in [2.45, 2.75) is 31.0 Å². The molecule has 35 heavy (non-hydrogen) atoms. The van der Waals surface area contributed by atoms with Crippen LogP contribution in [0.2, 0.25) is 0 Å². The molecule has 2 aromatic carbocycles. The highest BCUT2D eigenvalue weighted by molar-refractivity contribution is 7.99. The molecule has 0 radical (unpaired) electrons. The van der Waals surface area contributed by atoms with Gasteiger partial charge in [-0.25, -0.2) is 0 Å². The number of aromatic nitrogens is 4. The molecule has 0 unspecified atom stereocenters. The van der Waals surface area contributed by atoms with Crippen LogP contribution >= 0.6 is 11.8 Å². The van der Waals surface area contributed by atoms with Crippen LogP contribution in [0.4, 0.5) is 0 Å². The largest absolute Gasteiger partial charge is 0.342 e. The first kappa shape index (κ1) is 23.3. The molecule has 7 heteroatoms. The van der Waals surface area contributed by atoms with Gasteiger partial charge in [0.05, 0.1) is 12.3 Å². The highest BCUT2D eigenvalue weighted by Crippen LogP contribution is 2.26. The number of carbonyl (C=O) groups is 1. The van der Waals surface area contributed by atoms with E-state index in [4.69, 9.17) is 0 Å². The predicted octanol–water partition coefficient (Wildman–Crippen LogP) is 4.96. The van der Waals surface area contributed by atoms with Crippen LogP contribution in [0.15, 0.2) is 90.3 Å². The van der Waals surface area contributed by atoms with E-state index in [0.717, 1.165) is 54.5 Å². The van der Waals surface area contributed by atoms with E-state index in [1.807, 2.05) is 35.2 Å². The fraction of sp³-hybridized carbons (Fsp3) is 0.286. The van der Waals surface area contributed by atoms with Crippen molar-refractivity contribution in [1.29, 1.82) is 0 Å². The Morgan fingerprint density at radius 3 is 2.20 bits per heavy atom. The molecule has 1 amide bonds. The fourth-order valence-corrected chi connectivity index (χ4v) is 5.41. The van der Waals surface area contributed by atoms with Crippen LogP contribution < -0.4 is 0 Å². The number of piperidine rings is 1. The third kappa shape index (κ3) is 5.98. The van der Waals surface area contributed by atoms with E-state index in [1.165, 1.54) is 17.3 Å². The molecule has 2 aromatic heterocycles. The van der Waals surface area contributed by atoms with Gasteiger partial charge in [0, 0.05) is 31.0 Å². The van der Waals surface area contributed by atoms with Crippen LogP contribution in [-0.2, 0) is 17.8 Å². The van der Waals surface area contributed by atoms with Crippen LogP contribution in [0, 0.1) is 5.92 Å². The van der Waals surface area contributed by atoms with E-state index in [0.29, 0.717) is 18.2 Å². The highest BCUT2D eigenvalue weighted by Gasteiger charge is 2.24. The first-order valence-corrected chi connectivity index (χ1v) is 13.1. The van der Waals surface area contributed by atoms with Crippen LogP contribution in [0.3, 0.4) is 0 Å². The minimum absolute atomic E-state index is 0.174.